The van der Waals surface area contributed by atoms with E-state index in [1.165, 1.54) is 34.9 Å². The standard InChI is InChI=1S/C16H16ClN5O2S2/c1-9-6-11(12(24-2)7-10(9)17)19-14(23)8-26-16-21-20-15(22(16)18)13-4-3-5-25-13/h3-7H,8,18H2,1-2H3,(H,19,23). The summed E-state index contributed by atoms with van der Waals surface area (Å²) in [6.45, 7) is 1.86. The minimum absolute atomic E-state index is 0.130. The number of carbonyl (C=O) groups is 1. The van der Waals surface area contributed by atoms with Gasteiger partial charge in [-0.05, 0) is 30.0 Å². The number of hydrogen-bond acceptors (Lipinski definition) is 7. The fraction of sp³-hybridized carbons (Fsp3) is 0.188. The number of ether oxygens (including phenoxy) is 1. The van der Waals surface area contributed by atoms with E-state index >= 15 is 0 Å². The van der Waals surface area contributed by atoms with Gasteiger partial charge in [-0.2, -0.15) is 0 Å². The number of methoxy groups -OCH3 is 1. The normalized spacial score (nSPS) is 10.7. The Morgan fingerprint density at radius 1 is 1.46 bits per heavy atom. The highest BCUT2D eigenvalue weighted by Crippen LogP contribution is 2.31. The number of carbonyl (C=O) groups excluding carboxylic acids is 1. The van der Waals surface area contributed by atoms with Gasteiger partial charge in [0.25, 0.3) is 0 Å². The number of hydrogen-bond donors (Lipinski definition) is 2. The van der Waals surface area contributed by atoms with Gasteiger partial charge in [0.05, 0.1) is 23.4 Å². The summed E-state index contributed by atoms with van der Waals surface area (Å²) in [6.07, 6.45) is 0. The third-order valence-electron chi connectivity index (χ3n) is 3.49. The molecule has 0 saturated carbocycles. The van der Waals surface area contributed by atoms with Gasteiger partial charge in [0.1, 0.15) is 5.75 Å². The summed E-state index contributed by atoms with van der Waals surface area (Å²) in [5, 5.41) is 13.9. The first-order valence-electron chi connectivity index (χ1n) is 7.50. The molecule has 0 unspecified atom stereocenters. The van der Waals surface area contributed by atoms with Crippen LogP contribution in [0.25, 0.3) is 10.7 Å². The summed E-state index contributed by atoms with van der Waals surface area (Å²) >= 11 is 8.80. The smallest absolute Gasteiger partial charge is 0.234 e. The van der Waals surface area contributed by atoms with Gasteiger partial charge in [-0.15, -0.1) is 21.5 Å². The van der Waals surface area contributed by atoms with Crippen LogP contribution in [-0.2, 0) is 4.79 Å². The van der Waals surface area contributed by atoms with Crippen molar-refractivity contribution in [3.8, 4) is 16.5 Å². The predicted molar refractivity (Wildman–Crippen MR) is 106 cm³/mol. The summed E-state index contributed by atoms with van der Waals surface area (Å²) < 4.78 is 6.64. The molecule has 0 spiro atoms. The quantitative estimate of drug-likeness (QED) is 0.478. The van der Waals surface area contributed by atoms with Gasteiger partial charge in [-0.1, -0.05) is 29.4 Å². The maximum atomic E-state index is 12.3. The summed E-state index contributed by atoms with van der Waals surface area (Å²) in [5.41, 5.74) is 1.41. The number of nitrogens with two attached hydrogens (primary N) is 1. The van der Waals surface area contributed by atoms with Crippen molar-refractivity contribution in [2.75, 3.05) is 24.0 Å². The van der Waals surface area contributed by atoms with Crippen LogP contribution in [-0.4, -0.2) is 33.6 Å². The monoisotopic (exact) mass is 409 g/mol. The highest BCUT2D eigenvalue weighted by atomic mass is 35.5. The molecule has 7 nitrogen and oxygen atoms in total. The van der Waals surface area contributed by atoms with Crippen LogP contribution in [0.5, 0.6) is 5.75 Å². The number of nitrogen functional groups attached to an aromatic ring is 1. The maximum Gasteiger partial charge on any atom is 0.234 e. The Morgan fingerprint density at radius 2 is 2.27 bits per heavy atom. The largest absolute Gasteiger partial charge is 0.495 e. The first-order valence-corrected chi connectivity index (χ1v) is 9.75. The number of halogens is 1. The van der Waals surface area contributed by atoms with E-state index < -0.39 is 0 Å². The number of aryl methyl sites for hydroxylation is 1. The number of aromatic nitrogens is 3. The second-order valence-corrected chi connectivity index (χ2v) is 7.59. The zero-order chi connectivity index (χ0) is 18.7. The van der Waals surface area contributed by atoms with Crippen LogP contribution < -0.4 is 15.9 Å². The van der Waals surface area contributed by atoms with Gasteiger partial charge in [-0.25, -0.2) is 4.68 Å². The van der Waals surface area contributed by atoms with Crippen LogP contribution in [0, 0.1) is 6.92 Å². The lowest BCUT2D eigenvalue weighted by molar-refractivity contribution is -0.113. The van der Waals surface area contributed by atoms with E-state index in [4.69, 9.17) is 22.2 Å². The molecule has 1 amide bonds. The van der Waals surface area contributed by atoms with Crippen molar-refractivity contribution >= 4 is 46.3 Å². The SMILES string of the molecule is COc1cc(Cl)c(C)cc1NC(=O)CSc1nnc(-c2cccs2)n1N. The van der Waals surface area contributed by atoms with Gasteiger partial charge >= 0.3 is 0 Å². The first-order chi connectivity index (χ1) is 12.5. The highest BCUT2D eigenvalue weighted by Gasteiger charge is 2.15. The van der Waals surface area contributed by atoms with Crippen molar-refractivity contribution in [2.24, 2.45) is 0 Å². The molecular weight excluding hydrogens is 394 g/mol. The van der Waals surface area contributed by atoms with Gasteiger partial charge in [0.2, 0.25) is 11.1 Å². The van der Waals surface area contributed by atoms with Crippen molar-refractivity contribution in [3.63, 3.8) is 0 Å². The Morgan fingerprint density at radius 3 is 2.96 bits per heavy atom. The molecule has 0 aliphatic carbocycles. The number of thioether (sulfide) groups is 1. The predicted octanol–water partition coefficient (Wildman–Crippen LogP) is 3.42. The minimum Gasteiger partial charge on any atom is -0.495 e. The molecule has 0 saturated heterocycles. The summed E-state index contributed by atoms with van der Waals surface area (Å²) in [5.74, 6) is 7.01. The number of anilines is 1. The van der Waals surface area contributed by atoms with Gasteiger partial charge in [0.15, 0.2) is 5.82 Å². The molecule has 0 aliphatic heterocycles. The molecule has 1 aromatic carbocycles. The van der Waals surface area contributed by atoms with Crippen molar-refractivity contribution in [2.45, 2.75) is 12.1 Å². The molecule has 0 atom stereocenters. The summed E-state index contributed by atoms with van der Waals surface area (Å²) in [6, 6.07) is 7.26. The van der Waals surface area contributed by atoms with Crippen molar-refractivity contribution in [1.29, 1.82) is 0 Å². The van der Waals surface area contributed by atoms with E-state index in [-0.39, 0.29) is 11.7 Å². The Balaban J connectivity index is 1.66. The molecule has 136 valence electrons. The van der Waals surface area contributed by atoms with Crippen LogP contribution in [0.15, 0.2) is 34.8 Å². The van der Waals surface area contributed by atoms with E-state index in [0.29, 0.717) is 27.4 Å². The summed E-state index contributed by atoms with van der Waals surface area (Å²) in [4.78, 5) is 13.2. The zero-order valence-electron chi connectivity index (χ0n) is 14.0. The molecule has 10 heteroatoms. The van der Waals surface area contributed by atoms with E-state index in [0.717, 1.165) is 10.4 Å². The van der Waals surface area contributed by atoms with Crippen molar-refractivity contribution in [3.05, 3.63) is 40.2 Å². The van der Waals surface area contributed by atoms with Gasteiger partial charge in [-0.3, -0.25) is 4.79 Å². The molecule has 2 heterocycles. The molecule has 0 radical (unpaired) electrons. The summed E-state index contributed by atoms with van der Waals surface area (Å²) in [7, 11) is 1.52. The molecule has 0 aliphatic rings. The molecule has 0 fully saturated rings. The third kappa shape index (κ3) is 3.95. The average Bonchev–Trinajstić information content (AvgIpc) is 3.26. The third-order valence-corrected chi connectivity index (χ3v) is 5.71. The second-order valence-electron chi connectivity index (χ2n) is 5.29. The lowest BCUT2D eigenvalue weighted by atomic mass is 10.2. The Bertz CT molecular complexity index is 927. The van der Waals surface area contributed by atoms with Crippen LogP contribution in [0.1, 0.15) is 5.56 Å². The van der Waals surface area contributed by atoms with Crippen LogP contribution in [0.2, 0.25) is 5.02 Å². The number of nitrogens with zero attached hydrogens (tertiary/aromatic N) is 3. The van der Waals surface area contributed by atoms with Crippen molar-refractivity contribution in [1.82, 2.24) is 14.9 Å². The Hall–Kier alpha value is -2.23. The van der Waals surface area contributed by atoms with Gasteiger partial charge < -0.3 is 15.9 Å². The second kappa shape index (κ2) is 7.98. The molecule has 3 N–H and O–H groups in total. The first kappa shape index (κ1) is 18.6. The molecule has 3 rings (SSSR count). The molecular formula is C16H16ClN5O2S2. The topological polar surface area (TPSA) is 95.1 Å². The zero-order valence-corrected chi connectivity index (χ0v) is 16.4. The number of amides is 1. The number of benzene rings is 1. The molecule has 3 aromatic rings. The molecule has 0 bridgehead atoms. The maximum absolute atomic E-state index is 12.3. The van der Waals surface area contributed by atoms with E-state index in [9.17, 15) is 4.79 Å². The van der Waals surface area contributed by atoms with E-state index in [1.807, 2.05) is 24.4 Å². The van der Waals surface area contributed by atoms with E-state index in [1.54, 1.807) is 12.1 Å². The lowest BCUT2D eigenvalue weighted by Gasteiger charge is -2.12. The minimum atomic E-state index is -0.212. The van der Waals surface area contributed by atoms with Crippen LogP contribution in [0.4, 0.5) is 5.69 Å². The molecule has 2 aromatic heterocycles. The Labute approximate surface area is 163 Å². The average molecular weight is 410 g/mol. The van der Waals surface area contributed by atoms with Gasteiger partial charge in [0, 0.05) is 11.1 Å². The lowest BCUT2D eigenvalue weighted by Crippen LogP contribution is -2.17. The fourth-order valence-corrected chi connectivity index (χ4v) is 3.71. The number of thiophene rings is 1. The number of rotatable bonds is 6. The van der Waals surface area contributed by atoms with Crippen molar-refractivity contribution < 1.29 is 9.53 Å². The number of nitrogens with one attached hydrogen (secondary N) is 1. The fourth-order valence-electron chi connectivity index (χ4n) is 2.20. The van der Waals surface area contributed by atoms with E-state index in [2.05, 4.69) is 15.5 Å². The van der Waals surface area contributed by atoms with Crippen LogP contribution in [0.3, 0.4) is 0 Å². The van der Waals surface area contributed by atoms with Crippen LogP contribution >= 0.6 is 34.7 Å². The highest BCUT2D eigenvalue weighted by molar-refractivity contribution is 7.99. The Kier molecular flexibility index (Phi) is 5.70. The molecule has 26 heavy (non-hydrogen) atoms.